The van der Waals surface area contributed by atoms with Crippen LogP contribution in [0.3, 0.4) is 0 Å². The van der Waals surface area contributed by atoms with Gasteiger partial charge in [0.2, 0.25) is 0 Å². The van der Waals surface area contributed by atoms with Crippen molar-refractivity contribution in [2.45, 2.75) is 38.1 Å². The topological polar surface area (TPSA) is 30.7 Å². The van der Waals surface area contributed by atoms with E-state index in [4.69, 9.17) is 11.6 Å². The molecular weight excluding hydrogens is 186 g/mol. The Morgan fingerprint density at radius 2 is 2.38 bits per heavy atom. The predicted octanol–water partition coefficient (Wildman–Crippen LogP) is 2.21. The lowest BCUT2D eigenvalue weighted by Gasteiger charge is -2.25. The van der Waals surface area contributed by atoms with Crippen LogP contribution in [-0.4, -0.2) is 14.8 Å². The molecule has 1 aromatic heterocycles. The molecule has 1 heterocycles. The Morgan fingerprint density at radius 3 is 3.00 bits per heavy atom. The fourth-order valence-electron chi connectivity index (χ4n) is 1.67. The zero-order chi connectivity index (χ0) is 9.10. The van der Waals surface area contributed by atoms with Crippen LogP contribution in [0.2, 0.25) is 0 Å². The van der Waals surface area contributed by atoms with E-state index in [2.05, 4.69) is 14.8 Å². The highest BCUT2D eigenvalue weighted by atomic mass is 35.5. The van der Waals surface area contributed by atoms with Crippen LogP contribution in [0.5, 0.6) is 0 Å². The second-order valence-electron chi connectivity index (χ2n) is 3.66. The predicted molar refractivity (Wildman–Crippen MR) is 51.5 cm³/mol. The van der Waals surface area contributed by atoms with E-state index in [-0.39, 0.29) is 0 Å². The van der Waals surface area contributed by atoms with Gasteiger partial charge >= 0.3 is 0 Å². The molecule has 0 radical (unpaired) electrons. The molecule has 0 spiro atoms. The fraction of sp³-hybridized carbons (Fsp3) is 0.778. The standard InChI is InChI=1S/C9H14ClN3/c10-6-9-12-11-7-13(9)5-4-8-2-1-3-8/h7-8H,1-6H2. The Kier molecular flexibility index (Phi) is 2.83. The van der Waals surface area contributed by atoms with Crippen LogP contribution in [0.1, 0.15) is 31.5 Å². The van der Waals surface area contributed by atoms with Crippen molar-refractivity contribution in [3.05, 3.63) is 12.2 Å². The summed E-state index contributed by atoms with van der Waals surface area (Å²) in [5, 5.41) is 7.78. The summed E-state index contributed by atoms with van der Waals surface area (Å²) in [7, 11) is 0. The van der Waals surface area contributed by atoms with E-state index in [0.29, 0.717) is 5.88 Å². The minimum absolute atomic E-state index is 0.463. The molecule has 1 saturated carbocycles. The SMILES string of the molecule is ClCc1nncn1CCC1CCC1. The van der Waals surface area contributed by atoms with E-state index >= 15 is 0 Å². The number of aryl methyl sites for hydroxylation is 1. The monoisotopic (exact) mass is 199 g/mol. The molecule has 1 aromatic rings. The van der Waals surface area contributed by atoms with Crippen molar-refractivity contribution in [1.29, 1.82) is 0 Å². The highest BCUT2D eigenvalue weighted by Gasteiger charge is 2.17. The van der Waals surface area contributed by atoms with Gasteiger partial charge in [-0.05, 0) is 12.3 Å². The van der Waals surface area contributed by atoms with Gasteiger partial charge in [-0.2, -0.15) is 0 Å². The van der Waals surface area contributed by atoms with Gasteiger partial charge in [0.25, 0.3) is 0 Å². The minimum Gasteiger partial charge on any atom is -0.317 e. The quantitative estimate of drug-likeness (QED) is 0.697. The van der Waals surface area contributed by atoms with Gasteiger partial charge in [-0.25, -0.2) is 0 Å². The van der Waals surface area contributed by atoms with Crippen molar-refractivity contribution in [2.24, 2.45) is 5.92 Å². The molecule has 0 bridgehead atoms. The second-order valence-corrected chi connectivity index (χ2v) is 3.93. The molecule has 0 amide bonds. The van der Waals surface area contributed by atoms with Crippen LogP contribution >= 0.6 is 11.6 Å². The molecule has 0 aromatic carbocycles. The first-order valence-corrected chi connectivity index (χ1v) is 5.36. The number of rotatable bonds is 4. The maximum atomic E-state index is 5.71. The van der Waals surface area contributed by atoms with Gasteiger partial charge in [0.1, 0.15) is 12.2 Å². The van der Waals surface area contributed by atoms with Crippen LogP contribution < -0.4 is 0 Å². The molecule has 1 fully saturated rings. The molecule has 0 N–H and O–H groups in total. The lowest BCUT2D eigenvalue weighted by molar-refractivity contribution is 0.281. The van der Waals surface area contributed by atoms with Crippen molar-refractivity contribution in [2.75, 3.05) is 0 Å². The van der Waals surface area contributed by atoms with Gasteiger partial charge < -0.3 is 4.57 Å². The first-order valence-electron chi connectivity index (χ1n) is 4.83. The zero-order valence-corrected chi connectivity index (χ0v) is 8.37. The summed E-state index contributed by atoms with van der Waals surface area (Å²) < 4.78 is 2.06. The van der Waals surface area contributed by atoms with E-state index in [1.807, 2.05) is 0 Å². The second kappa shape index (κ2) is 4.09. The van der Waals surface area contributed by atoms with Crippen LogP contribution in [0.4, 0.5) is 0 Å². The average molecular weight is 200 g/mol. The van der Waals surface area contributed by atoms with Crippen molar-refractivity contribution in [3.63, 3.8) is 0 Å². The Balaban J connectivity index is 1.85. The molecular formula is C9H14ClN3. The minimum atomic E-state index is 0.463. The Hall–Kier alpha value is -0.570. The number of alkyl halides is 1. The molecule has 0 unspecified atom stereocenters. The van der Waals surface area contributed by atoms with E-state index < -0.39 is 0 Å². The van der Waals surface area contributed by atoms with Gasteiger partial charge in [0, 0.05) is 6.54 Å². The zero-order valence-electron chi connectivity index (χ0n) is 7.62. The third-order valence-corrected chi connectivity index (χ3v) is 3.06. The number of nitrogens with zero attached hydrogens (tertiary/aromatic N) is 3. The number of hydrogen-bond donors (Lipinski definition) is 0. The normalized spacial score (nSPS) is 17.3. The van der Waals surface area contributed by atoms with Crippen molar-refractivity contribution in [3.8, 4) is 0 Å². The van der Waals surface area contributed by atoms with Gasteiger partial charge in [0.15, 0.2) is 0 Å². The summed E-state index contributed by atoms with van der Waals surface area (Å²) in [5.41, 5.74) is 0. The maximum Gasteiger partial charge on any atom is 0.147 e. The van der Waals surface area contributed by atoms with Gasteiger partial charge in [-0.1, -0.05) is 19.3 Å². The van der Waals surface area contributed by atoms with E-state index in [9.17, 15) is 0 Å². The molecule has 1 aliphatic rings. The third-order valence-electron chi connectivity index (χ3n) is 2.82. The van der Waals surface area contributed by atoms with Crippen molar-refractivity contribution >= 4 is 11.6 Å². The Bertz CT molecular complexity index is 268. The maximum absolute atomic E-state index is 5.71. The third kappa shape index (κ3) is 2.02. The molecule has 0 saturated heterocycles. The first kappa shape index (κ1) is 9.00. The molecule has 1 aliphatic carbocycles. The van der Waals surface area contributed by atoms with Gasteiger partial charge in [0.05, 0.1) is 5.88 Å². The molecule has 2 rings (SSSR count). The van der Waals surface area contributed by atoms with Crippen molar-refractivity contribution in [1.82, 2.24) is 14.8 Å². The molecule has 13 heavy (non-hydrogen) atoms. The highest BCUT2D eigenvalue weighted by molar-refractivity contribution is 6.16. The number of halogens is 1. The molecule has 0 aliphatic heterocycles. The van der Waals surface area contributed by atoms with Crippen LogP contribution in [0.25, 0.3) is 0 Å². The van der Waals surface area contributed by atoms with Crippen LogP contribution in [-0.2, 0) is 12.4 Å². The lowest BCUT2D eigenvalue weighted by atomic mass is 9.83. The van der Waals surface area contributed by atoms with Crippen LogP contribution in [0, 0.1) is 5.92 Å². The average Bonchev–Trinajstić information content (AvgIpc) is 2.49. The fourth-order valence-corrected chi connectivity index (χ4v) is 1.88. The summed E-state index contributed by atoms with van der Waals surface area (Å²) in [4.78, 5) is 0. The molecule has 0 atom stereocenters. The van der Waals surface area contributed by atoms with Gasteiger partial charge in [-0.15, -0.1) is 21.8 Å². The summed E-state index contributed by atoms with van der Waals surface area (Å²) in [6.07, 6.45) is 7.24. The summed E-state index contributed by atoms with van der Waals surface area (Å²) >= 11 is 5.71. The smallest absolute Gasteiger partial charge is 0.147 e. The summed E-state index contributed by atoms with van der Waals surface area (Å²) in [5.74, 6) is 2.29. The van der Waals surface area contributed by atoms with Crippen LogP contribution in [0.15, 0.2) is 6.33 Å². The van der Waals surface area contributed by atoms with Gasteiger partial charge in [-0.3, -0.25) is 0 Å². The number of aromatic nitrogens is 3. The first-order chi connectivity index (χ1) is 6.40. The molecule has 72 valence electrons. The van der Waals surface area contributed by atoms with E-state index in [1.54, 1.807) is 6.33 Å². The lowest BCUT2D eigenvalue weighted by Crippen LogP contribution is -2.14. The summed E-state index contributed by atoms with van der Waals surface area (Å²) in [6, 6.07) is 0. The largest absolute Gasteiger partial charge is 0.317 e. The summed E-state index contributed by atoms with van der Waals surface area (Å²) in [6.45, 7) is 1.03. The molecule has 3 nitrogen and oxygen atoms in total. The van der Waals surface area contributed by atoms with E-state index in [0.717, 1.165) is 18.3 Å². The Labute approximate surface area is 83.1 Å². The van der Waals surface area contributed by atoms with Crippen molar-refractivity contribution < 1.29 is 0 Å². The van der Waals surface area contributed by atoms with E-state index in [1.165, 1.54) is 25.7 Å². The highest BCUT2D eigenvalue weighted by Crippen LogP contribution is 2.29. The Morgan fingerprint density at radius 1 is 1.54 bits per heavy atom. The number of hydrogen-bond acceptors (Lipinski definition) is 2. The molecule has 4 heteroatoms.